The fourth-order valence-electron chi connectivity index (χ4n) is 2.52. The van der Waals surface area contributed by atoms with Crippen LogP contribution < -0.4 is 0 Å². The molecule has 0 bridgehead atoms. The van der Waals surface area contributed by atoms with Crippen LogP contribution in [0.3, 0.4) is 0 Å². The number of aliphatic imine (C=N–C) groups is 1. The molecule has 0 aliphatic carbocycles. The number of hydrogen-bond donors (Lipinski definition) is 0. The van der Waals surface area contributed by atoms with Gasteiger partial charge in [0.2, 0.25) is 0 Å². The molecule has 0 saturated heterocycles. The summed E-state index contributed by atoms with van der Waals surface area (Å²) in [5.41, 5.74) is 2.92. The van der Waals surface area contributed by atoms with Crippen LogP contribution >= 0.6 is 0 Å². The van der Waals surface area contributed by atoms with Crippen LogP contribution in [0.25, 0.3) is 0 Å². The van der Waals surface area contributed by atoms with Gasteiger partial charge in [0, 0.05) is 51.2 Å². The molecule has 1 atom stereocenters. The molecule has 7 nitrogen and oxygen atoms in total. The monoisotopic (exact) mass is 285 g/mol. The summed E-state index contributed by atoms with van der Waals surface area (Å²) in [5, 5.41) is 14.9. The first kappa shape index (κ1) is 13.5. The molecule has 0 spiro atoms. The Hall–Kier alpha value is -2.44. The smallest absolute Gasteiger partial charge is 0.144 e. The zero-order valence-electron chi connectivity index (χ0n) is 12.5. The Morgan fingerprint density at radius 3 is 2.86 bits per heavy atom. The number of rotatable bonds is 4. The number of nitrogens with zero attached hydrogens (tertiary/aromatic N) is 7. The first-order chi connectivity index (χ1) is 10.2. The third-order valence-electron chi connectivity index (χ3n) is 3.50. The quantitative estimate of drug-likeness (QED) is 0.795. The second-order valence-corrected chi connectivity index (χ2v) is 4.97. The van der Waals surface area contributed by atoms with E-state index in [-0.39, 0.29) is 6.17 Å². The van der Waals surface area contributed by atoms with Gasteiger partial charge in [-0.15, -0.1) is 0 Å². The lowest BCUT2D eigenvalue weighted by Crippen LogP contribution is -2.25. The van der Waals surface area contributed by atoms with Crippen molar-refractivity contribution in [3.05, 3.63) is 35.9 Å². The Morgan fingerprint density at radius 2 is 2.24 bits per heavy atom. The number of hydrazone groups is 1. The molecule has 3 heterocycles. The summed E-state index contributed by atoms with van der Waals surface area (Å²) in [7, 11) is 3.86. The summed E-state index contributed by atoms with van der Waals surface area (Å²) in [6.45, 7) is 2.74. The molecule has 21 heavy (non-hydrogen) atoms. The van der Waals surface area contributed by atoms with Crippen LogP contribution in [-0.4, -0.2) is 50.1 Å². The minimum absolute atomic E-state index is 0.105. The van der Waals surface area contributed by atoms with Gasteiger partial charge in [0.25, 0.3) is 0 Å². The molecule has 0 saturated carbocycles. The van der Waals surface area contributed by atoms with Gasteiger partial charge in [-0.1, -0.05) is 0 Å². The highest BCUT2D eigenvalue weighted by atomic mass is 15.6. The summed E-state index contributed by atoms with van der Waals surface area (Å²) >= 11 is 0. The number of hydrogen-bond acceptors (Lipinski definition) is 5. The maximum absolute atomic E-state index is 4.65. The van der Waals surface area contributed by atoms with Crippen molar-refractivity contribution < 1.29 is 0 Å². The van der Waals surface area contributed by atoms with E-state index in [0.717, 1.165) is 23.4 Å². The van der Waals surface area contributed by atoms with Crippen LogP contribution in [0, 0.1) is 0 Å². The van der Waals surface area contributed by atoms with Gasteiger partial charge in [0.1, 0.15) is 6.17 Å². The van der Waals surface area contributed by atoms with E-state index in [0.29, 0.717) is 6.54 Å². The van der Waals surface area contributed by atoms with Crippen LogP contribution in [0.5, 0.6) is 0 Å². The minimum atomic E-state index is 0.105. The minimum Gasteiger partial charge on any atom is -0.283 e. The van der Waals surface area contributed by atoms with Gasteiger partial charge in [-0.3, -0.25) is 14.7 Å². The molecule has 7 heteroatoms. The third kappa shape index (κ3) is 2.46. The van der Waals surface area contributed by atoms with Crippen molar-refractivity contribution in [3.63, 3.8) is 0 Å². The molecule has 0 radical (unpaired) electrons. The Bertz CT molecular complexity index is 679. The Kier molecular flexibility index (Phi) is 3.55. The van der Waals surface area contributed by atoms with Crippen LogP contribution in [0.2, 0.25) is 0 Å². The standard InChI is InChI=1S/C14H19N7/c1-4-15-14(11-9-18-19(2)10-11)12-5-7-17-21(12)13-6-8-16-20(13)3/h5,7-10,13H,4,6H2,1-3H3. The summed E-state index contributed by atoms with van der Waals surface area (Å²) in [5.74, 6) is 0. The average molecular weight is 285 g/mol. The Balaban J connectivity index is 2.02. The highest BCUT2D eigenvalue weighted by Crippen LogP contribution is 2.22. The normalized spacial score (nSPS) is 18.7. The van der Waals surface area contributed by atoms with Gasteiger partial charge >= 0.3 is 0 Å². The van der Waals surface area contributed by atoms with Crippen molar-refractivity contribution in [2.45, 2.75) is 19.5 Å². The molecule has 0 aromatic carbocycles. The molecule has 0 N–H and O–H groups in total. The molecule has 1 aliphatic rings. The summed E-state index contributed by atoms with van der Waals surface area (Å²) in [4.78, 5) is 4.65. The van der Waals surface area contributed by atoms with Crippen molar-refractivity contribution >= 4 is 11.9 Å². The Labute approximate surface area is 123 Å². The highest BCUT2D eigenvalue weighted by Gasteiger charge is 2.24. The third-order valence-corrected chi connectivity index (χ3v) is 3.50. The van der Waals surface area contributed by atoms with Gasteiger partial charge < -0.3 is 0 Å². The number of aryl methyl sites for hydroxylation is 1. The lowest BCUT2D eigenvalue weighted by Gasteiger charge is -2.21. The molecule has 110 valence electrons. The average Bonchev–Trinajstić information content (AvgIpc) is 3.16. The van der Waals surface area contributed by atoms with Crippen molar-refractivity contribution in [2.75, 3.05) is 13.6 Å². The van der Waals surface area contributed by atoms with E-state index in [2.05, 4.69) is 20.3 Å². The van der Waals surface area contributed by atoms with Crippen LogP contribution in [0.15, 0.2) is 34.8 Å². The Morgan fingerprint density at radius 1 is 1.38 bits per heavy atom. The first-order valence-electron chi connectivity index (χ1n) is 7.03. The number of aromatic nitrogens is 4. The second-order valence-electron chi connectivity index (χ2n) is 4.97. The topological polar surface area (TPSA) is 63.6 Å². The molecule has 2 aromatic heterocycles. The van der Waals surface area contributed by atoms with Crippen LogP contribution in [-0.2, 0) is 7.05 Å². The summed E-state index contributed by atoms with van der Waals surface area (Å²) in [6, 6.07) is 1.99. The van der Waals surface area contributed by atoms with Gasteiger partial charge in [0.15, 0.2) is 0 Å². The zero-order chi connectivity index (χ0) is 14.8. The van der Waals surface area contributed by atoms with Gasteiger partial charge in [-0.2, -0.15) is 15.3 Å². The van der Waals surface area contributed by atoms with Crippen LogP contribution in [0.4, 0.5) is 0 Å². The maximum Gasteiger partial charge on any atom is 0.144 e. The SMILES string of the molecule is CCN=C(c1cnn(C)c1)c1ccnn1C1CC=NN1C. The van der Waals surface area contributed by atoms with Gasteiger partial charge in [-0.05, 0) is 13.0 Å². The molecule has 0 fully saturated rings. The molecule has 0 amide bonds. The van der Waals surface area contributed by atoms with Crippen molar-refractivity contribution in [3.8, 4) is 0 Å². The van der Waals surface area contributed by atoms with E-state index in [4.69, 9.17) is 0 Å². The predicted octanol–water partition coefficient (Wildman–Crippen LogP) is 1.29. The molecule has 2 aromatic rings. The lowest BCUT2D eigenvalue weighted by atomic mass is 10.1. The van der Waals surface area contributed by atoms with Crippen molar-refractivity contribution in [1.29, 1.82) is 0 Å². The second kappa shape index (κ2) is 5.51. The van der Waals surface area contributed by atoms with Gasteiger partial charge in [-0.25, -0.2) is 4.68 Å². The summed E-state index contributed by atoms with van der Waals surface area (Å²) in [6.07, 6.45) is 8.48. The van der Waals surface area contributed by atoms with Gasteiger partial charge in [0.05, 0.1) is 17.6 Å². The van der Waals surface area contributed by atoms with E-state index in [1.165, 1.54) is 0 Å². The first-order valence-corrected chi connectivity index (χ1v) is 7.03. The van der Waals surface area contributed by atoms with E-state index in [1.807, 2.05) is 61.6 Å². The van der Waals surface area contributed by atoms with E-state index in [1.54, 1.807) is 4.68 Å². The molecular formula is C14H19N7. The summed E-state index contributed by atoms with van der Waals surface area (Å²) < 4.78 is 3.76. The molecule has 1 aliphatic heterocycles. The molecular weight excluding hydrogens is 266 g/mol. The predicted molar refractivity (Wildman–Crippen MR) is 81.5 cm³/mol. The highest BCUT2D eigenvalue weighted by molar-refractivity contribution is 6.11. The fraction of sp³-hybridized carbons (Fsp3) is 0.429. The maximum atomic E-state index is 4.65. The largest absolute Gasteiger partial charge is 0.283 e. The lowest BCUT2D eigenvalue weighted by molar-refractivity contribution is 0.197. The molecule has 1 unspecified atom stereocenters. The van der Waals surface area contributed by atoms with E-state index >= 15 is 0 Å². The molecule has 3 rings (SSSR count). The zero-order valence-corrected chi connectivity index (χ0v) is 12.5. The van der Waals surface area contributed by atoms with Crippen molar-refractivity contribution in [1.82, 2.24) is 24.6 Å². The van der Waals surface area contributed by atoms with Crippen LogP contribution in [0.1, 0.15) is 30.8 Å². The fourth-order valence-corrected chi connectivity index (χ4v) is 2.52. The van der Waals surface area contributed by atoms with Crippen molar-refractivity contribution in [2.24, 2.45) is 17.1 Å². The van der Waals surface area contributed by atoms with E-state index < -0.39 is 0 Å². The van der Waals surface area contributed by atoms with E-state index in [9.17, 15) is 0 Å².